The van der Waals surface area contributed by atoms with Gasteiger partial charge in [-0.15, -0.1) is 5.10 Å². The van der Waals surface area contributed by atoms with Crippen LogP contribution >= 0.6 is 0 Å². The molecule has 0 fully saturated rings. The van der Waals surface area contributed by atoms with Gasteiger partial charge in [0.05, 0.1) is 11.2 Å². The Bertz CT molecular complexity index is 803. The maximum Gasteiger partial charge on any atom is 0.223 e. The molecule has 0 atom stereocenters. The van der Waals surface area contributed by atoms with Crippen molar-refractivity contribution in [2.45, 2.75) is 0 Å². The number of benzene rings is 2. The zero-order valence-electron chi connectivity index (χ0n) is 10.4. The second-order valence-electron chi connectivity index (χ2n) is 4.06. The van der Waals surface area contributed by atoms with Gasteiger partial charge in [-0.2, -0.15) is 9.80 Å². The van der Waals surface area contributed by atoms with E-state index in [2.05, 4.69) is 20.4 Å². The lowest BCUT2D eigenvalue weighted by Crippen LogP contribution is -2.23. The third-order valence-electron chi connectivity index (χ3n) is 2.81. The minimum atomic E-state index is 0.176. The Morgan fingerprint density at radius 3 is 2.55 bits per heavy atom. The Kier molecular flexibility index (Phi) is 2.92. The quantitative estimate of drug-likeness (QED) is 0.422. The van der Waals surface area contributed by atoms with Crippen LogP contribution in [0.2, 0.25) is 0 Å². The molecule has 3 N–H and O–H groups in total. The van der Waals surface area contributed by atoms with Gasteiger partial charge in [-0.3, -0.25) is 0 Å². The highest BCUT2D eigenvalue weighted by Gasteiger charge is 2.07. The first kappa shape index (κ1) is 12.0. The molecule has 0 aliphatic rings. The molecule has 0 aliphatic carbocycles. The van der Waals surface area contributed by atoms with Crippen LogP contribution in [-0.2, 0) is 0 Å². The first-order chi connectivity index (χ1) is 9.79. The number of rotatable bonds is 2. The first-order valence-corrected chi connectivity index (χ1v) is 5.91. The second kappa shape index (κ2) is 4.88. The molecule has 0 radical (unpaired) electrons. The van der Waals surface area contributed by atoms with E-state index in [0.717, 1.165) is 11.0 Å². The van der Waals surface area contributed by atoms with Crippen molar-refractivity contribution in [3.8, 4) is 0 Å². The molecule has 0 saturated carbocycles. The van der Waals surface area contributed by atoms with E-state index in [-0.39, 0.29) is 5.96 Å². The van der Waals surface area contributed by atoms with Crippen LogP contribution in [0.1, 0.15) is 0 Å². The van der Waals surface area contributed by atoms with Gasteiger partial charge < -0.3 is 5.73 Å². The van der Waals surface area contributed by atoms with Crippen LogP contribution in [-0.4, -0.2) is 21.0 Å². The molecule has 98 valence electrons. The topological polar surface area (TPSA) is 105 Å². The lowest BCUT2D eigenvalue weighted by atomic mass is 10.3. The van der Waals surface area contributed by atoms with Crippen LogP contribution in [0.15, 0.2) is 58.6 Å². The third kappa shape index (κ3) is 2.01. The Labute approximate surface area is 114 Å². The molecule has 1 aromatic heterocycles. The standard InChI is InChI=1S/C13H11N7/c14-13(16-9-5-1-2-6-10(9)17-15)20-12-8-4-3-7-11(12)18-19-20/h1-8,15H,(H2,14,16). The number of hydrogen-bond acceptors (Lipinski definition) is 5. The van der Waals surface area contributed by atoms with Crippen LogP contribution < -0.4 is 5.73 Å². The van der Waals surface area contributed by atoms with E-state index in [4.69, 9.17) is 11.3 Å². The second-order valence-corrected chi connectivity index (χ2v) is 4.06. The molecule has 3 aromatic rings. The van der Waals surface area contributed by atoms with Gasteiger partial charge in [0.25, 0.3) is 0 Å². The lowest BCUT2D eigenvalue weighted by Gasteiger charge is -2.02. The normalized spacial score (nSPS) is 11.7. The third-order valence-corrected chi connectivity index (χ3v) is 2.81. The Balaban J connectivity index is 2.10. The molecule has 0 bridgehead atoms. The van der Waals surface area contributed by atoms with Crippen molar-refractivity contribution >= 4 is 28.4 Å². The molecular formula is C13H11N7. The highest BCUT2D eigenvalue weighted by molar-refractivity contribution is 5.91. The Hall–Kier alpha value is -3.09. The number of nitrogens with two attached hydrogens (primary N) is 1. The molecule has 0 saturated heterocycles. The van der Waals surface area contributed by atoms with Gasteiger partial charge in [0, 0.05) is 0 Å². The van der Waals surface area contributed by atoms with Gasteiger partial charge in [-0.25, -0.2) is 10.5 Å². The number of aromatic nitrogens is 3. The molecule has 20 heavy (non-hydrogen) atoms. The zero-order valence-corrected chi connectivity index (χ0v) is 10.4. The van der Waals surface area contributed by atoms with Gasteiger partial charge in [-0.05, 0) is 24.3 Å². The smallest absolute Gasteiger partial charge is 0.223 e. The minimum absolute atomic E-state index is 0.176. The summed E-state index contributed by atoms with van der Waals surface area (Å²) in [6.45, 7) is 0. The number of hydrogen-bond donors (Lipinski definition) is 2. The van der Waals surface area contributed by atoms with Gasteiger partial charge in [0.15, 0.2) is 0 Å². The largest absolute Gasteiger partial charge is 0.368 e. The Morgan fingerprint density at radius 2 is 1.75 bits per heavy atom. The predicted octanol–water partition coefficient (Wildman–Crippen LogP) is 2.59. The fraction of sp³-hybridized carbons (Fsp3) is 0. The summed E-state index contributed by atoms with van der Waals surface area (Å²) >= 11 is 0. The molecular weight excluding hydrogens is 254 g/mol. The van der Waals surface area contributed by atoms with Crippen LogP contribution in [0.4, 0.5) is 11.4 Å². The van der Waals surface area contributed by atoms with Gasteiger partial charge in [0.2, 0.25) is 5.96 Å². The summed E-state index contributed by atoms with van der Waals surface area (Å²) in [4.78, 5) is 4.26. The average molecular weight is 265 g/mol. The van der Waals surface area contributed by atoms with Crippen molar-refractivity contribution in [3.63, 3.8) is 0 Å². The van der Waals surface area contributed by atoms with Crippen molar-refractivity contribution in [1.82, 2.24) is 15.0 Å². The molecule has 0 aliphatic heterocycles. The molecule has 1 heterocycles. The minimum Gasteiger partial charge on any atom is -0.368 e. The van der Waals surface area contributed by atoms with Crippen molar-refractivity contribution < 1.29 is 0 Å². The average Bonchev–Trinajstić information content (AvgIpc) is 2.92. The van der Waals surface area contributed by atoms with Crippen LogP contribution in [0.5, 0.6) is 0 Å². The molecule has 0 amide bonds. The maximum absolute atomic E-state index is 7.11. The van der Waals surface area contributed by atoms with E-state index < -0.39 is 0 Å². The number of para-hydroxylation sites is 3. The SMILES string of the molecule is N=Nc1ccccc1N=C(N)n1nnc2ccccc21. The maximum atomic E-state index is 7.11. The molecule has 2 aromatic carbocycles. The summed E-state index contributed by atoms with van der Waals surface area (Å²) in [7, 11) is 0. The summed E-state index contributed by atoms with van der Waals surface area (Å²) < 4.78 is 1.45. The summed E-state index contributed by atoms with van der Waals surface area (Å²) in [6, 6.07) is 14.5. The monoisotopic (exact) mass is 265 g/mol. The number of nitrogens with zero attached hydrogens (tertiary/aromatic N) is 5. The Morgan fingerprint density at radius 1 is 1.05 bits per heavy atom. The number of aliphatic imine (C=N–C) groups is 1. The van der Waals surface area contributed by atoms with E-state index in [1.807, 2.05) is 24.3 Å². The highest BCUT2D eigenvalue weighted by Crippen LogP contribution is 2.26. The number of nitrogens with one attached hydrogen (secondary N) is 1. The fourth-order valence-electron chi connectivity index (χ4n) is 1.86. The van der Waals surface area contributed by atoms with E-state index in [1.165, 1.54) is 4.68 Å². The summed E-state index contributed by atoms with van der Waals surface area (Å²) in [5.41, 5.74) is 15.6. The summed E-state index contributed by atoms with van der Waals surface area (Å²) in [5.74, 6) is 0.176. The zero-order chi connectivity index (χ0) is 13.9. The molecule has 0 spiro atoms. The van der Waals surface area contributed by atoms with E-state index >= 15 is 0 Å². The van der Waals surface area contributed by atoms with Crippen LogP contribution in [0.3, 0.4) is 0 Å². The van der Waals surface area contributed by atoms with Crippen LogP contribution in [0, 0.1) is 5.53 Å². The first-order valence-electron chi connectivity index (χ1n) is 5.91. The van der Waals surface area contributed by atoms with E-state index in [0.29, 0.717) is 11.4 Å². The molecule has 3 rings (SSSR count). The van der Waals surface area contributed by atoms with E-state index in [9.17, 15) is 0 Å². The molecule has 7 nitrogen and oxygen atoms in total. The van der Waals surface area contributed by atoms with Gasteiger partial charge >= 0.3 is 0 Å². The molecule has 7 heteroatoms. The summed E-state index contributed by atoms with van der Waals surface area (Å²) in [5, 5.41) is 11.4. The van der Waals surface area contributed by atoms with Crippen LogP contribution in [0.25, 0.3) is 11.0 Å². The van der Waals surface area contributed by atoms with Crippen molar-refractivity contribution in [1.29, 1.82) is 5.53 Å². The molecule has 0 unspecified atom stereocenters. The van der Waals surface area contributed by atoms with Gasteiger partial charge in [0.1, 0.15) is 11.2 Å². The van der Waals surface area contributed by atoms with Gasteiger partial charge in [-0.1, -0.05) is 29.5 Å². The van der Waals surface area contributed by atoms with Crippen molar-refractivity contribution in [2.75, 3.05) is 0 Å². The fourth-order valence-corrected chi connectivity index (χ4v) is 1.86. The number of fused-ring (bicyclic) bond motifs is 1. The van der Waals surface area contributed by atoms with E-state index in [1.54, 1.807) is 24.3 Å². The van der Waals surface area contributed by atoms with Crippen molar-refractivity contribution in [2.24, 2.45) is 15.8 Å². The summed E-state index contributed by atoms with van der Waals surface area (Å²) in [6.07, 6.45) is 0. The highest BCUT2D eigenvalue weighted by atomic mass is 15.5. The predicted molar refractivity (Wildman–Crippen MR) is 75.5 cm³/mol. The van der Waals surface area contributed by atoms with Crippen molar-refractivity contribution in [3.05, 3.63) is 48.5 Å². The lowest BCUT2D eigenvalue weighted by molar-refractivity contribution is 0.853.